The topological polar surface area (TPSA) is 71.2 Å². The molecule has 1 N–H and O–H groups in total. The SMILES string of the molecule is CN1CCC(O)(c2cn(-c3cccc(Br)n3)cn2)C1=O. The molecule has 1 fully saturated rings. The fraction of sp³-hybridized carbons (Fsp3) is 0.308. The molecule has 3 heterocycles. The first-order chi connectivity index (χ1) is 9.50. The fourth-order valence-electron chi connectivity index (χ4n) is 2.29. The van der Waals surface area contributed by atoms with Crippen LogP contribution in [0.25, 0.3) is 5.82 Å². The number of rotatable bonds is 2. The molecule has 3 rings (SSSR count). The number of carbonyl (C=O) groups is 1. The van der Waals surface area contributed by atoms with Crippen LogP contribution in [0.15, 0.2) is 35.3 Å². The highest BCUT2D eigenvalue weighted by atomic mass is 79.9. The molecule has 0 aromatic carbocycles. The largest absolute Gasteiger partial charge is 0.374 e. The van der Waals surface area contributed by atoms with Crippen molar-refractivity contribution in [2.24, 2.45) is 0 Å². The summed E-state index contributed by atoms with van der Waals surface area (Å²) in [6.45, 7) is 0.525. The number of hydrogen-bond acceptors (Lipinski definition) is 4. The summed E-state index contributed by atoms with van der Waals surface area (Å²) in [5, 5.41) is 10.5. The maximum absolute atomic E-state index is 12.0. The van der Waals surface area contributed by atoms with E-state index < -0.39 is 5.60 Å². The number of aliphatic hydroxyl groups is 1. The average molecular weight is 337 g/mol. The average Bonchev–Trinajstić information content (AvgIpc) is 3.02. The van der Waals surface area contributed by atoms with Crippen LogP contribution in [0.4, 0.5) is 0 Å². The van der Waals surface area contributed by atoms with Crippen molar-refractivity contribution in [2.75, 3.05) is 13.6 Å². The van der Waals surface area contributed by atoms with Crippen molar-refractivity contribution in [3.8, 4) is 5.82 Å². The van der Waals surface area contributed by atoms with E-state index in [1.807, 2.05) is 18.2 Å². The van der Waals surface area contributed by atoms with E-state index in [9.17, 15) is 9.90 Å². The lowest BCUT2D eigenvalue weighted by atomic mass is 9.99. The van der Waals surface area contributed by atoms with Crippen molar-refractivity contribution < 1.29 is 9.90 Å². The molecular formula is C13H13BrN4O2. The zero-order valence-corrected chi connectivity index (χ0v) is 12.4. The van der Waals surface area contributed by atoms with Crippen LogP contribution in [0.5, 0.6) is 0 Å². The van der Waals surface area contributed by atoms with Crippen LogP contribution in [0, 0.1) is 0 Å². The van der Waals surface area contributed by atoms with Crippen molar-refractivity contribution in [2.45, 2.75) is 12.0 Å². The second-order valence-corrected chi connectivity index (χ2v) is 5.63. The number of pyridine rings is 1. The van der Waals surface area contributed by atoms with Crippen molar-refractivity contribution in [3.63, 3.8) is 0 Å². The van der Waals surface area contributed by atoms with E-state index in [0.29, 0.717) is 29.1 Å². The lowest BCUT2D eigenvalue weighted by Crippen LogP contribution is -2.36. The van der Waals surface area contributed by atoms with Crippen LogP contribution in [0.3, 0.4) is 0 Å². The molecule has 1 amide bonds. The first-order valence-corrected chi connectivity index (χ1v) is 6.95. The van der Waals surface area contributed by atoms with E-state index in [1.165, 1.54) is 4.90 Å². The molecule has 0 radical (unpaired) electrons. The van der Waals surface area contributed by atoms with E-state index in [1.54, 1.807) is 24.1 Å². The van der Waals surface area contributed by atoms with Gasteiger partial charge in [0.1, 0.15) is 22.4 Å². The van der Waals surface area contributed by atoms with Gasteiger partial charge in [-0.2, -0.15) is 0 Å². The van der Waals surface area contributed by atoms with Crippen LogP contribution < -0.4 is 0 Å². The van der Waals surface area contributed by atoms with Crippen molar-refractivity contribution in [3.05, 3.63) is 41.0 Å². The second kappa shape index (κ2) is 4.68. The van der Waals surface area contributed by atoms with E-state index in [2.05, 4.69) is 25.9 Å². The molecule has 6 nitrogen and oxygen atoms in total. The summed E-state index contributed by atoms with van der Waals surface area (Å²) in [5.41, 5.74) is -1.17. The molecule has 1 aliphatic heterocycles. The minimum atomic E-state index is -1.52. The van der Waals surface area contributed by atoms with Crippen molar-refractivity contribution >= 4 is 21.8 Å². The predicted octanol–water partition coefficient (Wildman–Crippen LogP) is 1.08. The monoisotopic (exact) mass is 336 g/mol. The minimum Gasteiger partial charge on any atom is -0.374 e. The van der Waals surface area contributed by atoms with Gasteiger partial charge < -0.3 is 10.0 Å². The van der Waals surface area contributed by atoms with E-state index >= 15 is 0 Å². The standard InChI is InChI=1S/C13H13BrN4O2/c1-17-6-5-13(20,12(17)19)9-7-18(8-15-9)11-4-2-3-10(14)16-11/h2-4,7-8,20H,5-6H2,1H3. The molecule has 7 heteroatoms. The molecule has 20 heavy (non-hydrogen) atoms. The minimum absolute atomic E-state index is 0.315. The van der Waals surface area contributed by atoms with Gasteiger partial charge in [0.05, 0.1) is 0 Å². The molecule has 1 unspecified atom stereocenters. The van der Waals surface area contributed by atoms with Gasteiger partial charge in [-0.15, -0.1) is 0 Å². The van der Waals surface area contributed by atoms with E-state index in [-0.39, 0.29) is 5.91 Å². The van der Waals surface area contributed by atoms with E-state index in [0.717, 1.165) is 0 Å². The Hall–Kier alpha value is -1.73. The van der Waals surface area contributed by atoms with Crippen molar-refractivity contribution in [1.29, 1.82) is 0 Å². The molecule has 1 atom stereocenters. The van der Waals surface area contributed by atoms with Gasteiger partial charge in [-0.1, -0.05) is 6.07 Å². The number of amides is 1. The first kappa shape index (κ1) is 13.3. The number of carbonyl (C=O) groups excluding carboxylic acids is 1. The molecule has 2 aromatic rings. The zero-order chi connectivity index (χ0) is 14.3. The van der Waals surface area contributed by atoms with Gasteiger partial charge in [-0.3, -0.25) is 9.36 Å². The number of likely N-dealkylation sites (tertiary alicyclic amines) is 1. The summed E-state index contributed by atoms with van der Waals surface area (Å²) in [4.78, 5) is 22.0. The third kappa shape index (κ3) is 2.03. The van der Waals surface area contributed by atoms with Gasteiger partial charge in [0.15, 0.2) is 5.60 Å². The van der Waals surface area contributed by atoms with Crippen molar-refractivity contribution in [1.82, 2.24) is 19.4 Å². The highest BCUT2D eigenvalue weighted by Gasteiger charge is 2.46. The maximum Gasteiger partial charge on any atom is 0.260 e. The highest BCUT2D eigenvalue weighted by molar-refractivity contribution is 9.10. The Morgan fingerprint density at radius 3 is 2.90 bits per heavy atom. The Bertz CT molecular complexity index is 672. The summed E-state index contributed by atoms with van der Waals surface area (Å²) in [5.74, 6) is 0.352. The smallest absolute Gasteiger partial charge is 0.260 e. The molecule has 0 spiro atoms. The molecule has 0 aliphatic carbocycles. The molecule has 1 saturated heterocycles. The van der Waals surface area contributed by atoms with Crippen LogP contribution in [-0.4, -0.2) is 44.0 Å². The van der Waals surface area contributed by atoms with Gasteiger partial charge in [-0.05, 0) is 28.1 Å². The number of hydrogen-bond donors (Lipinski definition) is 1. The van der Waals surface area contributed by atoms with Gasteiger partial charge >= 0.3 is 0 Å². The Labute approximate surface area is 124 Å². The number of likely N-dealkylation sites (N-methyl/N-ethyl adjacent to an activating group) is 1. The zero-order valence-electron chi connectivity index (χ0n) is 10.8. The summed E-state index contributed by atoms with van der Waals surface area (Å²) >= 11 is 3.31. The Kier molecular flexibility index (Phi) is 3.10. The predicted molar refractivity (Wildman–Crippen MR) is 75.2 cm³/mol. The quantitative estimate of drug-likeness (QED) is 0.833. The van der Waals surface area contributed by atoms with E-state index in [4.69, 9.17) is 0 Å². The third-order valence-corrected chi connectivity index (χ3v) is 3.92. The first-order valence-electron chi connectivity index (χ1n) is 6.16. The van der Waals surface area contributed by atoms with Crippen LogP contribution in [-0.2, 0) is 10.4 Å². The maximum atomic E-state index is 12.0. The molecule has 104 valence electrons. The van der Waals surface area contributed by atoms with Crippen LogP contribution in [0.2, 0.25) is 0 Å². The lowest BCUT2D eigenvalue weighted by molar-refractivity contribution is -0.143. The normalized spacial score (nSPS) is 22.6. The van der Waals surface area contributed by atoms with Gasteiger partial charge in [0.2, 0.25) is 0 Å². The summed E-state index contributed by atoms with van der Waals surface area (Å²) in [6, 6.07) is 5.50. The molecular weight excluding hydrogens is 324 g/mol. The summed E-state index contributed by atoms with van der Waals surface area (Å²) in [7, 11) is 1.67. The van der Waals surface area contributed by atoms with Crippen LogP contribution in [0.1, 0.15) is 12.1 Å². The number of nitrogens with zero attached hydrogens (tertiary/aromatic N) is 4. The van der Waals surface area contributed by atoms with Gasteiger partial charge in [0, 0.05) is 26.2 Å². The molecule has 1 aliphatic rings. The Morgan fingerprint density at radius 1 is 1.45 bits per heavy atom. The van der Waals surface area contributed by atoms with Gasteiger partial charge in [0.25, 0.3) is 5.91 Å². The lowest BCUT2D eigenvalue weighted by Gasteiger charge is -2.17. The number of aromatic nitrogens is 3. The summed E-state index contributed by atoms with van der Waals surface area (Å²) in [6.07, 6.45) is 3.55. The molecule has 0 saturated carbocycles. The third-order valence-electron chi connectivity index (χ3n) is 3.48. The van der Waals surface area contributed by atoms with Crippen LogP contribution >= 0.6 is 15.9 Å². The summed E-state index contributed by atoms with van der Waals surface area (Å²) < 4.78 is 2.39. The molecule has 0 bridgehead atoms. The fourth-order valence-corrected chi connectivity index (χ4v) is 2.63. The van der Waals surface area contributed by atoms with Gasteiger partial charge in [-0.25, -0.2) is 9.97 Å². The Morgan fingerprint density at radius 2 is 2.25 bits per heavy atom. The number of imidazole rings is 1. The Balaban J connectivity index is 1.97. The number of halogens is 1. The highest BCUT2D eigenvalue weighted by Crippen LogP contribution is 2.31. The molecule has 2 aromatic heterocycles. The second-order valence-electron chi connectivity index (χ2n) is 4.82.